The summed E-state index contributed by atoms with van der Waals surface area (Å²) >= 11 is 0. The van der Waals surface area contributed by atoms with Gasteiger partial charge in [-0.1, -0.05) is 18.2 Å². The first-order chi connectivity index (χ1) is 13.7. The molecule has 28 heavy (non-hydrogen) atoms. The third-order valence-electron chi connectivity index (χ3n) is 4.36. The Hall–Kier alpha value is -3.38. The lowest BCUT2D eigenvalue weighted by Gasteiger charge is -2.11. The molecule has 0 atom stereocenters. The molecule has 0 radical (unpaired) electrons. The van der Waals surface area contributed by atoms with Crippen LogP contribution >= 0.6 is 0 Å². The summed E-state index contributed by atoms with van der Waals surface area (Å²) in [7, 11) is 4.11. The van der Waals surface area contributed by atoms with Crippen LogP contribution in [0.4, 0.5) is 5.82 Å². The highest BCUT2D eigenvalue weighted by Crippen LogP contribution is 2.26. The van der Waals surface area contributed by atoms with Gasteiger partial charge in [0.15, 0.2) is 5.65 Å². The van der Waals surface area contributed by atoms with Crippen LogP contribution in [-0.2, 0) is 0 Å². The molecule has 142 valence electrons. The van der Waals surface area contributed by atoms with Gasteiger partial charge in [-0.25, -0.2) is 9.50 Å². The van der Waals surface area contributed by atoms with E-state index in [2.05, 4.69) is 29.3 Å². The lowest BCUT2D eigenvalue weighted by Crippen LogP contribution is -2.21. The number of hydrogen-bond donors (Lipinski definition) is 1. The molecule has 2 heterocycles. The second-order valence-electron chi connectivity index (χ2n) is 6.80. The molecule has 4 rings (SSSR count). The molecule has 0 saturated heterocycles. The molecular formula is C22H23N5O. The van der Waals surface area contributed by atoms with Gasteiger partial charge in [0.25, 0.3) is 0 Å². The van der Waals surface area contributed by atoms with Gasteiger partial charge in [-0.3, -0.25) is 0 Å². The maximum Gasteiger partial charge on any atom is 0.154 e. The molecule has 0 aliphatic carbocycles. The highest BCUT2D eigenvalue weighted by molar-refractivity contribution is 5.64. The van der Waals surface area contributed by atoms with Crippen LogP contribution in [0.25, 0.3) is 16.9 Å². The number of likely N-dealkylation sites (N-methyl/N-ethyl adjacent to an activating group) is 1. The van der Waals surface area contributed by atoms with E-state index in [1.807, 2.05) is 77.4 Å². The molecule has 4 aromatic rings. The van der Waals surface area contributed by atoms with Crippen molar-refractivity contribution >= 4 is 11.5 Å². The molecule has 6 heteroatoms. The quantitative estimate of drug-likeness (QED) is 0.527. The van der Waals surface area contributed by atoms with E-state index < -0.39 is 0 Å². The number of imidazole rings is 1. The van der Waals surface area contributed by atoms with Crippen LogP contribution in [0.2, 0.25) is 0 Å². The third kappa shape index (κ3) is 4.13. The summed E-state index contributed by atoms with van der Waals surface area (Å²) in [4.78, 5) is 6.60. The van der Waals surface area contributed by atoms with Gasteiger partial charge in [0, 0.05) is 18.7 Å². The second-order valence-corrected chi connectivity index (χ2v) is 6.80. The predicted molar refractivity (Wildman–Crippen MR) is 112 cm³/mol. The zero-order valence-corrected chi connectivity index (χ0v) is 16.0. The molecule has 1 N–H and O–H groups in total. The minimum absolute atomic E-state index is 0.794. The first-order valence-electron chi connectivity index (χ1n) is 9.26. The molecule has 0 fully saturated rings. The maximum absolute atomic E-state index is 5.87. The summed E-state index contributed by atoms with van der Waals surface area (Å²) in [5.74, 6) is 2.44. The number of benzene rings is 2. The monoisotopic (exact) mass is 373 g/mol. The van der Waals surface area contributed by atoms with Crippen molar-refractivity contribution in [3.8, 4) is 22.8 Å². The summed E-state index contributed by atoms with van der Waals surface area (Å²) in [6, 6.07) is 21.7. The van der Waals surface area contributed by atoms with E-state index in [9.17, 15) is 0 Å². The van der Waals surface area contributed by atoms with Gasteiger partial charge in [0.2, 0.25) is 0 Å². The molecule has 2 aromatic heterocycles. The van der Waals surface area contributed by atoms with Crippen molar-refractivity contribution in [1.82, 2.24) is 19.5 Å². The van der Waals surface area contributed by atoms with Crippen molar-refractivity contribution in [2.45, 2.75) is 0 Å². The Morgan fingerprint density at radius 3 is 2.43 bits per heavy atom. The number of para-hydroxylation sites is 1. The zero-order chi connectivity index (χ0) is 19.3. The van der Waals surface area contributed by atoms with E-state index in [-0.39, 0.29) is 0 Å². The van der Waals surface area contributed by atoms with Crippen molar-refractivity contribution < 1.29 is 4.74 Å². The Bertz CT molecular complexity index is 1040. The average molecular weight is 373 g/mol. The second kappa shape index (κ2) is 8.10. The molecule has 0 saturated carbocycles. The number of fused-ring (bicyclic) bond motifs is 1. The van der Waals surface area contributed by atoms with E-state index in [0.717, 1.165) is 47.3 Å². The van der Waals surface area contributed by atoms with Crippen LogP contribution in [0.5, 0.6) is 11.5 Å². The van der Waals surface area contributed by atoms with Crippen LogP contribution in [0.3, 0.4) is 0 Å². The normalized spacial score (nSPS) is 11.1. The van der Waals surface area contributed by atoms with Crippen molar-refractivity contribution in [3.05, 3.63) is 72.9 Å². The van der Waals surface area contributed by atoms with E-state index in [4.69, 9.17) is 9.84 Å². The van der Waals surface area contributed by atoms with Gasteiger partial charge in [0.1, 0.15) is 17.3 Å². The third-order valence-corrected chi connectivity index (χ3v) is 4.36. The molecule has 0 spiro atoms. The summed E-state index contributed by atoms with van der Waals surface area (Å²) in [5.41, 5.74) is 2.79. The van der Waals surface area contributed by atoms with Crippen LogP contribution in [-0.4, -0.2) is 46.7 Å². The topological polar surface area (TPSA) is 54.7 Å². The van der Waals surface area contributed by atoms with Gasteiger partial charge >= 0.3 is 0 Å². The Morgan fingerprint density at radius 2 is 1.68 bits per heavy atom. The molecule has 0 aliphatic rings. The van der Waals surface area contributed by atoms with Crippen molar-refractivity contribution in [3.63, 3.8) is 0 Å². The number of rotatable bonds is 7. The first kappa shape index (κ1) is 18.0. The zero-order valence-electron chi connectivity index (χ0n) is 16.0. The van der Waals surface area contributed by atoms with Crippen LogP contribution < -0.4 is 10.1 Å². The Labute approximate surface area is 164 Å². The molecule has 0 aliphatic heterocycles. The van der Waals surface area contributed by atoms with Crippen LogP contribution in [0.1, 0.15) is 0 Å². The maximum atomic E-state index is 5.87. The fraction of sp³-hybridized carbons (Fsp3) is 0.182. The smallest absolute Gasteiger partial charge is 0.154 e. The molecular weight excluding hydrogens is 350 g/mol. The number of ether oxygens (including phenoxy) is 1. The molecule has 0 amide bonds. The summed E-state index contributed by atoms with van der Waals surface area (Å²) in [6.45, 7) is 1.78. The van der Waals surface area contributed by atoms with E-state index >= 15 is 0 Å². The minimum Gasteiger partial charge on any atom is -0.457 e. The fourth-order valence-electron chi connectivity index (χ4n) is 2.89. The van der Waals surface area contributed by atoms with Gasteiger partial charge in [-0.05, 0) is 62.6 Å². The lowest BCUT2D eigenvalue weighted by atomic mass is 10.1. The molecule has 0 bridgehead atoms. The number of aromatic nitrogens is 3. The van der Waals surface area contributed by atoms with Crippen molar-refractivity contribution in [2.24, 2.45) is 0 Å². The van der Waals surface area contributed by atoms with E-state index in [0.29, 0.717) is 0 Å². The Kier molecular flexibility index (Phi) is 5.21. The van der Waals surface area contributed by atoms with Gasteiger partial charge in [-0.2, -0.15) is 0 Å². The number of anilines is 1. The van der Waals surface area contributed by atoms with Gasteiger partial charge < -0.3 is 15.0 Å². The highest BCUT2D eigenvalue weighted by atomic mass is 16.5. The van der Waals surface area contributed by atoms with Gasteiger partial charge in [-0.15, -0.1) is 5.10 Å². The lowest BCUT2D eigenvalue weighted by molar-refractivity contribution is 0.425. The summed E-state index contributed by atoms with van der Waals surface area (Å²) in [5, 5.41) is 8.04. The van der Waals surface area contributed by atoms with Crippen LogP contribution in [0, 0.1) is 0 Å². The molecule has 0 unspecified atom stereocenters. The largest absolute Gasteiger partial charge is 0.457 e. The standard InChI is InChI=1S/C22H23N5O/c1-26(2)15-14-23-21-12-13-22-24-16-20(27(22)25-21)17-8-10-19(11-9-17)28-18-6-4-3-5-7-18/h3-13,16H,14-15H2,1-2H3,(H,23,25). The Morgan fingerprint density at radius 1 is 0.929 bits per heavy atom. The number of nitrogens with zero attached hydrogens (tertiary/aromatic N) is 4. The molecule has 2 aromatic carbocycles. The summed E-state index contributed by atoms with van der Waals surface area (Å²) in [6.07, 6.45) is 1.85. The van der Waals surface area contributed by atoms with Crippen molar-refractivity contribution in [2.75, 3.05) is 32.5 Å². The average Bonchev–Trinajstić information content (AvgIpc) is 3.12. The minimum atomic E-state index is 0.794. The fourth-order valence-corrected chi connectivity index (χ4v) is 2.89. The SMILES string of the molecule is CN(C)CCNc1ccc2ncc(-c3ccc(Oc4ccccc4)cc3)n2n1. The number of nitrogens with one attached hydrogen (secondary N) is 1. The van der Waals surface area contributed by atoms with Crippen LogP contribution in [0.15, 0.2) is 72.9 Å². The first-order valence-corrected chi connectivity index (χ1v) is 9.26. The molecule has 6 nitrogen and oxygen atoms in total. The predicted octanol–water partition coefficient (Wildman–Crippen LogP) is 4.16. The summed E-state index contributed by atoms with van der Waals surface area (Å²) < 4.78 is 7.73. The van der Waals surface area contributed by atoms with E-state index in [1.165, 1.54) is 0 Å². The Balaban J connectivity index is 1.54. The van der Waals surface area contributed by atoms with E-state index in [1.54, 1.807) is 0 Å². The van der Waals surface area contributed by atoms with Gasteiger partial charge in [0.05, 0.1) is 11.9 Å². The van der Waals surface area contributed by atoms with Crippen molar-refractivity contribution in [1.29, 1.82) is 0 Å². The number of hydrogen-bond acceptors (Lipinski definition) is 5. The highest BCUT2D eigenvalue weighted by Gasteiger charge is 2.09.